The van der Waals surface area contributed by atoms with Crippen molar-refractivity contribution in [1.29, 1.82) is 5.26 Å². The van der Waals surface area contributed by atoms with Gasteiger partial charge in [0.05, 0.1) is 0 Å². The van der Waals surface area contributed by atoms with Gasteiger partial charge in [0.2, 0.25) is 5.71 Å². The molecule has 0 rings (SSSR count). The quantitative estimate of drug-likeness (QED) is 0.451. The number of oxime groups is 1. The maximum absolute atomic E-state index is 10.3. The Bertz CT molecular complexity index is 214. The Morgan fingerprint density at radius 1 is 1.73 bits per heavy atom. The van der Waals surface area contributed by atoms with Crippen LogP contribution in [0, 0.1) is 11.3 Å². The van der Waals surface area contributed by atoms with E-state index < -0.39 is 11.6 Å². The van der Waals surface area contributed by atoms with Gasteiger partial charge in [0.15, 0.2) is 0 Å². The molecular formula is C6H9N3O2. The van der Waals surface area contributed by atoms with Crippen molar-refractivity contribution in [3.05, 3.63) is 0 Å². The summed E-state index contributed by atoms with van der Waals surface area (Å²) in [5.74, 6) is -0.881. The molecule has 60 valence electrons. The van der Waals surface area contributed by atoms with Crippen LogP contribution in [0.2, 0.25) is 0 Å². The van der Waals surface area contributed by atoms with E-state index in [1.54, 1.807) is 13.8 Å². The molecule has 0 heterocycles. The van der Waals surface area contributed by atoms with Crippen LogP contribution in [0.15, 0.2) is 5.16 Å². The zero-order valence-corrected chi connectivity index (χ0v) is 6.37. The largest absolute Gasteiger partial charge is 0.392 e. The third-order valence-corrected chi connectivity index (χ3v) is 0.694. The summed E-state index contributed by atoms with van der Waals surface area (Å²) in [7, 11) is 0. The zero-order valence-electron chi connectivity index (χ0n) is 6.37. The first-order valence-corrected chi connectivity index (χ1v) is 3.01. The summed E-state index contributed by atoms with van der Waals surface area (Å²) in [6.45, 7) is 3.44. The van der Waals surface area contributed by atoms with E-state index in [1.165, 1.54) is 6.07 Å². The number of hydrogen-bond donors (Lipinski definition) is 1. The second kappa shape index (κ2) is 4.28. The fourth-order valence-corrected chi connectivity index (χ4v) is 0.279. The highest BCUT2D eigenvalue weighted by Crippen LogP contribution is 1.88. The van der Waals surface area contributed by atoms with E-state index in [0.717, 1.165) is 0 Å². The highest BCUT2D eigenvalue weighted by molar-refractivity contribution is 6.44. The first kappa shape index (κ1) is 9.43. The number of hydrogen-bond acceptors (Lipinski definition) is 4. The molecule has 0 aromatic rings. The number of carbonyl (C=O) groups excluding carboxylic acids is 1. The van der Waals surface area contributed by atoms with E-state index in [1.807, 2.05) is 0 Å². The molecule has 0 aliphatic carbocycles. The first-order chi connectivity index (χ1) is 5.07. The Kier molecular flexibility index (Phi) is 3.67. The summed E-state index contributed by atoms with van der Waals surface area (Å²) in [4.78, 5) is 15.0. The maximum atomic E-state index is 10.3. The molecule has 0 bridgehead atoms. The van der Waals surface area contributed by atoms with Crippen LogP contribution in [0.5, 0.6) is 0 Å². The molecule has 0 aromatic carbocycles. The Labute approximate surface area is 64.4 Å². The van der Waals surface area contributed by atoms with Crippen molar-refractivity contribution >= 4 is 11.6 Å². The Morgan fingerprint density at radius 3 is 2.55 bits per heavy atom. The normalized spacial score (nSPS) is 10.9. The topological polar surface area (TPSA) is 88.5 Å². The average molecular weight is 155 g/mol. The van der Waals surface area contributed by atoms with E-state index in [9.17, 15) is 4.79 Å². The van der Waals surface area contributed by atoms with Gasteiger partial charge in [0.25, 0.3) is 5.91 Å². The molecule has 0 spiro atoms. The summed E-state index contributed by atoms with van der Waals surface area (Å²) >= 11 is 0. The molecule has 11 heavy (non-hydrogen) atoms. The summed E-state index contributed by atoms with van der Waals surface area (Å²) in [6.07, 6.45) is -0.169. The Balaban J connectivity index is 4.17. The minimum Gasteiger partial charge on any atom is -0.392 e. The highest BCUT2D eigenvalue weighted by Gasteiger charge is 2.05. The van der Waals surface area contributed by atoms with Crippen LogP contribution in [0.3, 0.4) is 0 Å². The Hall–Kier alpha value is -1.57. The van der Waals surface area contributed by atoms with E-state index in [2.05, 4.69) is 9.99 Å². The Morgan fingerprint density at radius 2 is 2.27 bits per heavy atom. The monoisotopic (exact) mass is 155 g/mol. The number of nitrogens with two attached hydrogens (primary N) is 1. The second-order valence-electron chi connectivity index (χ2n) is 2.07. The molecule has 5 nitrogen and oxygen atoms in total. The molecule has 0 saturated carbocycles. The number of nitrogens with zero attached hydrogens (tertiary/aromatic N) is 2. The molecule has 0 fully saturated rings. The molecule has 5 heteroatoms. The lowest BCUT2D eigenvalue weighted by molar-refractivity contribution is -0.112. The molecular weight excluding hydrogens is 146 g/mol. The van der Waals surface area contributed by atoms with Gasteiger partial charge < -0.3 is 10.6 Å². The summed E-state index contributed by atoms with van der Waals surface area (Å²) in [5, 5.41) is 11.5. The fourth-order valence-electron chi connectivity index (χ4n) is 0.279. The van der Waals surface area contributed by atoms with E-state index in [4.69, 9.17) is 11.0 Å². The van der Waals surface area contributed by atoms with E-state index in [0.29, 0.717) is 0 Å². The molecule has 0 unspecified atom stereocenters. The van der Waals surface area contributed by atoms with Gasteiger partial charge in [0.1, 0.15) is 12.2 Å². The van der Waals surface area contributed by atoms with Crippen molar-refractivity contribution in [2.75, 3.05) is 0 Å². The number of carbonyl (C=O) groups is 1. The van der Waals surface area contributed by atoms with Crippen LogP contribution in [0.25, 0.3) is 0 Å². The summed E-state index contributed by atoms with van der Waals surface area (Å²) < 4.78 is 0. The van der Waals surface area contributed by atoms with Crippen LogP contribution < -0.4 is 5.73 Å². The van der Waals surface area contributed by atoms with Crippen LogP contribution >= 0.6 is 0 Å². The highest BCUT2D eigenvalue weighted by atomic mass is 16.6. The number of amides is 1. The van der Waals surface area contributed by atoms with Crippen LogP contribution in [-0.2, 0) is 9.63 Å². The molecule has 1 amide bonds. The van der Waals surface area contributed by atoms with Gasteiger partial charge in [-0.05, 0) is 13.8 Å². The smallest absolute Gasteiger partial charge is 0.281 e. The van der Waals surface area contributed by atoms with E-state index in [-0.39, 0.29) is 6.10 Å². The maximum Gasteiger partial charge on any atom is 0.281 e. The minimum absolute atomic E-state index is 0.169. The lowest BCUT2D eigenvalue weighted by Crippen LogP contribution is -2.22. The van der Waals surface area contributed by atoms with Gasteiger partial charge >= 0.3 is 0 Å². The summed E-state index contributed by atoms with van der Waals surface area (Å²) in [6, 6.07) is 1.51. The van der Waals surface area contributed by atoms with Crippen molar-refractivity contribution in [3.63, 3.8) is 0 Å². The molecule has 2 N–H and O–H groups in total. The number of nitriles is 1. The van der Waals surface area contributed by atoms with Gasteiger partial charge in [0, 0.05) is 0 Å². The predicted molar refractivity (Wildman–Crippen MR) is 38.5 cm³/mol. The molecule has 0 radical (unpaired) electrons. The summed E-state index contributed by atoms with van der Waals surface area (Å²) in [5.41, 5.74) is 4.34. The SMILES string of the molecule is CC(C)O/N=C(/C#N)C(N)=O. The van der Waals surface area contributed by atoms with Crippen LogP contribution in [0.4, 0.5) is 0 Å². The van der Waals surface area contributed by atoms with Crippen molar-refractivity contribution in [3.8, 4) is 6.07 Å². The first-order valence-electron chi connectivity index (χ1n) is 3.01. The molecule has 0 aromatic heterocycles. The van der Waals surface area contributed by atoms with E-state index >= 15 is 0 Å². The predicted octanol–water partition coefficient (Wildman–Crippen LogP) is -0.224. The lowest BCUT2D eigenvalue weighted by atomic mass is 10.4. The van der Waals surface area contributed by atoms with Crippen molar-refractivity contribution in [1.82, 2.24) is 0 Å². The second-order valence-corrected chi connectivity index (χ2v) is 2.07. The minimum atomic E-state index is -0.881. The molecule has 0 atom stereocenters. The van der Waals surface area contributed by atoms with Crippen molar-refractivity contribution in [2.45, 2.75) is 20.0 Å². The third-order valence-electron chi connectivity index (χ3n) is 0.694. The van der Waals surface area contributed by atoms with Crippen LogP contribution in [-0.4, -0.2) is 17.7 Å². The van der Waals surface area contributed by atoms with Gasteiger partial charge in [-0.2, -0.15) is 5.26 Å². The lowest BCUT2D eigenvalue weighted by Gasteiger charge is -2.00. The number of primary amides is 1. The molecule has 0 saturated heterocycles. The average Bonchev–Trinajstić information content (AvgIpc) is 1.87. The number of rotatable bonds is 3. The third kappa shape index (κ3) is 3.92. The molecule has 0 aliphatic heterocycles. The van der Waals surface area contributed by atoms with Crippen LogP contribution in [0.1, 0.15) is 13.8 Å². The zero-order chi connectivity index (χ0) is 8.85. The molecule has 0 aliphatic rings. The van der Waals surface area contributed by atoms with Gasteiger partial charge in [-0.3, -0.25) is 4.79 Å². The van der Waals surface area contributed by atoms with Crippen molar-refractivity contribution in [2.24, 2.45) is 10.9 Å². The van der Waals surface area contributed by atoms with Gasteiger partial charge in [-0.25, -0.2) is 0 Å². The fraction of sp³-hybridized carbons (Fsp3) is 0.500. The van der Waals surface area contributed by atoms with Gasteiger partial charge in [-0.15, -0.1) is 0 Å². The van der Waals surface area contributed by atoms with Gasteiger partial charge in [-0.1, -0.05) is 5.16 Å². The standard InChI is InChI=1S/C6H9N3O2/c1-4(2)11-9-5(3-7)6(8)10/h4H,1-2H3,(H2,8,10)/b9-5-. The van der Waals surface area contributed by atoms with Crippen molar-refractivity contribution < 1.29 is 9.63 Å².